The van der Waals surface area contributed by atoms with Crippen molar-refractivity contribution >= 4 is 27.5 Å². The van der Waals surface area contributed by atoms with Gasteiger partial charge in [0.2, 0.25) is 5.91 Å². The van der Waals surface area contributed by atoms with Crippen LogP contribution in [0.1, 0.15) is 29.9 Å². The zero-order valence-electron chi connectivity index (χ0n) is 11.1. The monoisotopic (exact) mass is 329 g/mol. The number of aryl methyl sites for hydroxylation is 1. The van der Waals surface area contributed by atoms with E-state index in [9.17, 15) is 4.79 Å². The number of halogens is 1. The van der Waals surface area contributed by atoms with Gasteiger partial charge < -0.3 is 5.32 Å². The number of fused-ring (bicyclic) bond motifs is 1. The standard InChI is InChI=1S/C17H16BrNO/c18-13-7-4-8-14(11-13)19-17(20)16-10-3-6-12-5-1-2-9-15(12)16/h1-2,4-5,7-9,11,16H,3,6,10H2,(H,19,20). The van der Waals surface area contributed by atoms with Crippen molar-refractivity contribution in [2.75, 3.05) is 5.32 Å². The zero-order chi connectivity index (χ0) is 13.9. The smallest absolute Gasteiger partial charge is 0.231 e. The van der Waals surface area contributed by atoms with Crippen molar-refractivity contribution in [3.8, 4) is 0 Å². The molecule has 2 aromatic rings. The molecule has 0 aromatic heterocycles. The van der Waals surface area contributed by atoms with Crippen LogP contribution in [-0.4, -0.2) is 5.91 Å². The van der Waals surface area contributed by atoms with Crippen LogP contribution in [0, 0.1) is 0 Å². The maximum atomic E-state index is 12.5. The summed E-state index contributed by atoms with van der Waals surface area (Å²) >= 11 is 3.42. The minimum Gasteiger partial charge on any atom is -0.326 e. The summed E-state index contributed by atoms with van der Waals surface area (Å²) in [5, 5.41) is 3.02. The highest BCUT2D eigenvalue weighted by Crippen LogP contribution is 2.32. The summed E-state index contributed by atoms with van der Waals surface area (Å²) < 4.78 is 0.972. The average Bonchev–Trinajstić information content (AvgIpc) is 2.46. The van der Waals surface area contributed by atoms with E-state index >= 15 is 0 Å². The predicted molar refractivity (Wildman–Crippen MR) is 84.9 cm³/mol. The van der Waals surface area contributed by atoms with E-state index in [1.54, 1.807) is 0 Å². The van der Waals surface area contributed by atoms with Crippen LogP contribution in [0.15, 0.2) is 53.0 Å². The second kappa shape index (κ2) is 5.80. The predicted octanol–water partition coefficient (Wildman–Crippen LogP) is 4.51. The summed E-state index contributed by atoms with van der Waals surface area (Å²) in [7, 11) is 0. The molecular weight excluding hydrogens is 314 g/mol. The van der Waals surface area contributed by atoms with Crippen molar-refractivity contribution in [3.63, 3.8) is 0 Å². The average molecular weight is 330 g/mol. The molecule has 3 heteroatoms. The second-order valence-corrected chi connectivity index (χ2v) is 6.06. The molecule has 1 aliphatic rings. The molecular formula is C17H16BrNO. The number of carbonyl (C=O) groups is 1. The first-order valence-electron chi connectivity index (χ1n) is 6.88. The lowest BCUT2D eigenvalue weighted by atomic mass is 9.82. The molecule has 1 amide bonds. The van der Waals surface area contributed by atoms with Gasteiger partial charge in [0.1, 0.15) is 0 Å². The molecule has 0 heterocycles. The lowest BCUT2D eigenvalue weighted by Gasteiger charge is -2.24. The highest BCUT2D eigenvalue weighted by molar-refractivity contribution is 9.10. The molecule has 0 fully saturated rings. The molecule has 0 spiro atoms. The molecule has 0 aliphatic heterocycles. The molecule has 0 radical (unpaired) electrons. The molecule has 0 saturated carbocycles. The molecule has 0 bridgehead atoms. The van der Waals surface area contributed by atoms with Gasteiger partial charge in [-0.3, -0.25) is 4.79 Å². The van der Waals surface area contributed by atoms with Gasteiger partial charge in [-0.05, 0) is 48.6 Å². The Hall–Kier alpha value is -1.61. The second-order valence-electron chi connectivity index (χ2n) is 5.14. The Morgan fingerprint density at radius 1 is 1.15 bits per heavy atom. The Labute approximate surface area is 127 Å². The van der Waals surface area contributed by atoms with E-state index < -0.39 is 0 Å². The van der Waals surface area contributed by atoms with Crippen molar-refractivity contribution in [3.05, 3.63) is 64.1 Å². The van der Waals surface area contributed by atoms with Crippen LogP contribution >= 0.6 is 15.9 Å². The van der Waals surface area contributed by atoms with Gasteiger partial charge in [-0.2, -0.15) is 0 Å². The summed E-state index contributed by atoms with van der Waals surface area (Å²) in [6.45, 7) is 0. The largest absolute Gasteiger partial charge is 0.326 e. The fourth-order valence-corrected chi connectivity index (χ4v) is 3.22. The van der Waals surface area contributed by atoms with Crippen molar-refractivity contribution in [2.24, 2.45) is 0 Å². The van der Waals surface area contributed by atoms with E-state index in [1.807, 2.05) is 36.4 Å². The van der Waals surface area contributed by atoms with Gasteiger partial charge in [-0.15, -0.1) is 0 Å². The van der Waals surface area contributed by atoms with E-state index in [0.717, 1.165) is 29.4 Å². The Bertz CT molecular complexity index is 638. The van der Waals surface area contributed by atoms with E-state index in [0.29, 0.717) is 0 Å². The summed E-state index contributed by atoms with van der Waals surface area (Å²) in [5.41, 5.74) is 3.34. The highest BCUT2D eigenvalue weighted by Gasteiger charge is 2.26. The Morgan fingerprint density at radius 3 is 2.85 bits per heavy atom. The lowest BCUT2D eigenvalue weighted by molar-refractivity contribution is -0.117. The van der Waals surface area contributed by atoms with Crippen molar-refractivity contribution in [1.82, 2.24) is 0 Å². The number of carbonyl (C=O) groups excluding carboxylic acids is 1. The first-order valence-corrected chi connectivity index (χ1v) is 7.67. The van der Waals surface area contributed by atoms with Gasteiger partial charge in [-0.1, -0.05) is 46.3 Å². The number of anilines is 1. The molecule has 1 aliphatic carbocycles. The van der Waals surface area contributed by atoms with Crippen LogP contribution in [0.25, 0.3) is 0 Å². The summed E-state index contributed by atoms with van der Waals surface area (Å²) in [5.74, 6) is 0.0641. The molecule has 2 aromatic carbocycles. The van der Waals surface area contributed by atoms with Crippen LogP contribution in [0.3, 0.4) is 0 Å². The Balaban J connectivity index is 1.82. The van der Waals surface area contributed by atoms with Crippen LogP contribution in [-0.2, 0) is 11.2 Å². The maximum Gasteiger partial charge on any atom is 0.231 e. The van der Waals surface area contributed by atoms with Gasteiger partial charge in [0.25, 0.3) is 0 Å². The molecule has 1 N–H and O–H groups in total. The van der Waals surface area contributed by atoms with E-state index in [2.05, 4.69) is 33.4 Å². The van der Waals surface area contributed by atoms with Crippen molar-refractivity contribution in [1.29, 1.82) is 0 Å². The Morgan fingerprint density at radius 2 is 2.00 bits per heavy atom. The first-order chi connectivity index (χ1) is 9.74. The van der Waals surface area contributed by atoms with Crippen LogP contribution in [0.2, 0.25) is 0 Å². The number of benzene rings is 2. The highest BCUT2D eigenvalue weighted by atomic mass is 79.9. The van der Waals surface area contributed by atoms with Crippen LogP contribution in [0.5, 0.6) is 0 Å². The molecule has 1 unspecified atom stereocenters. The fraction of sp³-hybridized carbons (Fsp3) is 0.235. The van der Waals surface area contributed by atoms with Gasteiger partial charge in [0.15, 0.2) is 0 Å². The third-order valence-corrected chi connectivity index (χ3v) is 4.27. The topological polar surface area (TPSA) is 29.1 Å². The summed E-state index contributed by atoms with van der Waals surface area (Å²) in [6, 6.07) is 16.0. The third-order valence-electron chi connectivity index (χ3n) is 3.78. The van der Waals surface area contributed by atoms with E-state index in [-0.39, 0.29) is 11.8 Å². The third kappa shape index (κ3) is 2.78. The summed E-state index contributed by atoms with van der Waals surface area (Å²) in [4.78, 5) is 12.5. The van der Waals surface area contributed by atoms with E-state index in [1.165, 1.54) is 11.1 Å². The molecule has 0 saturated heterocycles. The molecule has 2 nitrogen and oxygen atoms in total. The first kappa shape index (κ1) is 13.4. The normalized spacial score (nSPS) is 17.4. The van der Waals surface area contributed by atoms with Crippen LogP contribution < -0.4 is 5.32 Å². The van der Waals surface area contributed by atoms with Gasteiger partial charge in [-0.25, -0.2) is 0 Å². The maximum absolute atomic E-state index is 12.5. The number of rotatable bonds is 2. The fourth-order valence-electron chi connectivity index (χ4n) is 2.82. The number of nitrogens with one attached hydrogen (secondary N) is 1. The van der Waals surface area contributed by atoms with Crippen molar-refractivity contribution < 1.29 is 4.79 Å². The zero-order valence-corrected chi connectivity index (χ0v) is 12.7. The minimum atomic E-state index is -0.0288. The number of hydrogen-bond donors (Lipinski definition) is 1. The van der Waals surface area contributed by atoms with Gasteiger partial charge in [0, 0.05) is 10.2 Å². The van der Waals surface area contributed by atoms with Crippen LogP contribution in [0.4, 0.5) is 5.69 Å². The number of amides is 1. The molecule has 20 heavy (non-hydrogen) atoms. The Kier molecular flexibility index (Phi) is 3.88. The lowest BCUT2D eigenvalue weighted by Crippen LogP contribution is -2.24. The van der Waals surface area contributed by atoms with Gasteiger partial charge >= 0.3 is 0 Å². The number of hydrogen-bond acceptors (Lipinski definition) is 1. The van der Waals surface area contributed by atoms with Gasteiger partial charge in [0.05, 0.1) is 5.92 Å². The SMILES string of the molecule is O=C(Nc1cccc(Br)c1)C1CCCc2ccccc21. The summed E-state index contributed by atoms with van der Waals surface area (Å²) in [6.07, 6.45) is 3.08. The van der Waals surface area contributed by atoms with Crippen molar-refractivity contribution in [2.45, 2.75) is 25.2 Å². The molecule has 102 valence electrons. The van der Waals surface area contributed by atoms with E-state index in [4.69, 9.17) is 0 Å². The molecule has 1 atom stereocenters. The quantitative estimate of drug-likeness (QED) is 0.862. The molecule has 3 rings (SSSR count). The minimum absolute atomic E-state index is 0.0288.